The zero-order chi connectivity index (χ0) is 13.3. The zero-order valence-electron chi connectivity index (χ0n) is 10.4. The highest BCUT2D eigenvalue weighted by Gasteiger charge is 2.11. The van der Waals surface area contributed by atoms with E-state index >= 15 is 0 Å². The van der Waals surface area contributed by atoms with E-state index in [-0.39, 0.29) is 10.5 Å². The number of hydrogen-bond acceptors (Lipinski definition) is 5. The highest BCUT2D eigenvalue weighted by molar-refractivity contribution is 7.84. The first-order chi connectivity index (χ1) is 8.47. The number of aromatic nitrogens is 2. The first-order valence-electron chi connectivity index (χ1n) is 5.47. The van der Waals surface area contributed by atoms with E-state index in [1.54, 1.807) is 17.6 Å². The summed E-state index contributed by atoms with van der Waals surface area (Å²) in [7, 11) is -0.854. The van der Waals surface area contributed by atoms with Crippen molar-refractivity contribution in [1.82, 2.24) is 9.97 Å². The molecule has 7 heteroatoms. The molecule has 18 heavy (non-hydrogen) atoms. The molecule has 0 aliphatic carbocycles. The Morgan fingerprint density at radius 1 is 1.56 bits per heavy atom. The van der Waals surface area contributed by atoms with Gasteiger partial charge in [0, 0.05) is 33.7 Å². The molecule has 0 aliphatic rings. The lowest BCUT2D eigenvalue weighted by Crippen LogP contribution is -2.21. The predicted molar refractivity (Wildman–Crippen MR) is 79.2 cm³/mol. The Hall–Kier alpha value is -0.720. The molecule has 0 amide bonds. The molecule has 2 rings (SSSR count). The third-order valence-electron chi connectivity index (χ3n) is 2.61. The fourth-order valence-electron chi connectivity index (χ4n) is 1.51. The molecule has 0 bridgehead atoms. The fourth-order valence-corrected chi connectivity index (χ4v) is 2.93. The predicted octanol–water partition coefficient (Wildman–Crippen LogP) is 2.83. The van der Waals surface area contributed by atoms with E-state index in [1.165, 1.54) is 0 Å². The van der Waals surface area contributed by atoms with Gasteiger partial charge in [-0.05, 0) is 31.5 Å². The lowest BCUT2D eigenvalue weighted by Gasteiger charge is -2.11. The van der Waals surface area contributed by atoms with Crippen LogP contribution in [-0.2, 0) is 10.8 Å². The Balaban J connectivity index is 2.29. The standard InChI is InChI=1S/C11H14ClN3OS2/c1-6-4-8-9(13-5-7(2)18(3)16)14-11(12)15-10(8)17-6/h4,7H,5H2,1-3H3,(H,13,14,15). The molecule has 0 aromatic carbocycles. The van der Waals surface area contributed by atoms with Crippen LogP contribution in [-0.4, -0.2) is 32.2 Å². The van der Waals surface area contributed by atoms with Crippen molar-refractivity contribution in [3.63, 3.8) is 0 Å². The molecule has 0 spiro atoms. The van der Waals surface area contributed by atoms with Crippen LogP contribution in [0, 0.1) is 6.92 Å². The number of rotatable bonds is 4. The molecule has 0 aliphatic heterocycles. The highest BCUT2D eigenvalue weighted by atomic mass is 35.5. The number of nitrogens with one attached hydrogen (secondary N) is 1. The van der Waals surface area contributed by atoms with E-state index in [2.05, 4.69) is 15.3 Å². The maximum absolute atomic E-state index is 11.3. The van der Waals surface area contributed by atoms with E-state index < -0.39 is 10.8 Å². The summed E-state index contributed by atoms with van der Waals surface area (Å²) in [6.07, 6.45) is 1.70. The van der Waals surface area contributed by atoms with Gasteiger partial charge >= 0.3 is 0 Å². The van der Waals surface area contributed by atoms with Crippen LogP contribution in [0.4, 0.5) is 5.82 Å². The SMILES string of the molecule is Cc1cc2c(NCC(C)S(C)=O)nc(Cl)nc2s1. The summed E-state index contributed by atoms with van der Waals surface area (Å²) in [6.45, 7) is 4.55. The minimum atomic E-state index is -0.854. The van der Waals surface area contributed by atoms with Crippen LogP contribution < -0.4 is 5.32 Å². The number of nitrogens with zero attached hydrogens (tertiary/aromatic N) is 2. The number of fused-ring (bicyclic) bond motifs is 1. The number of thiophene rings is 1. The van der Waals surface area contributed by atoms with Crippen molar-refractivity contribution in [3.05, 3.63) is 16.2 Å². The molecule has 2 atom stereocenters. The Kier molecular flexibility index (Phi) is 4.19. The third kappa shape index (κ3) is 2.99. The van der Waals surface area contributed by atoms with Crippen molar-refractivity contribution in [3.8, 4) is 0 Å². The van der Waals surface area contributed by atoms with Gasteiger partial charge in [0.2, 0.25) is 5.28 Å². The second-order valence-corrected chi connectivity index (χ2v) is 7.48. The van der Waals surface area contributed by atoms with Crippen LogP contribution in [0.15, 0.2) is 6.07 Å². The topological polar surface area (TPSA) is 54.9 Å². The van der Waals surface area contributed by atoms with Gasteiger partial charge in [0.1, 0.15) is 10.6 Å². The maximum atomic E-state index is 11.3. The molecular formula is C11H14ClN3OS2. The smallest absolute Gasteiger partial charge is 0.225 e. The van der Waals surface area contributed by atoms with E-state index in [0.717, 1.165) is 15.1 Å². The molecule has 2 aromatic heterocycles. The quantitative estimate of drug-likeness (QED) is 0.883. The number of hydrogen-bond donors (Lipinski definition) is 1. The fraction of sp³-hybridized carbons (Fsp3) is 0.455. The molecule has 98 valence electrons. The molecule has 0 radical (unpaired) electrons. The van der Waals surface area contributed by atoms with E-state index in [9.17, 15) is 4.21 Å². The van der Waals surface area contributed by atoms with Crippen molar-refractivity contribution in [2.45, 2.75) is 19.1 Å². The van der Waals surface area contributed by atoms with E-state index in [0.29, 0.717) is 12.4 Å². The minimum absolute atomic E-state index is 0.0634. The van der Waals surface area contributed by atoms with Gasteiger partial charge in [0.15, 0.2) is 0 Å². The monoisotopic (exact) mass is 303 g/mol. The molecule has 0 saturated heterocycles. The molecule has 2 unspecified atom stereocenters. The summed E-state index contributed by atoms with van der Waals surface area (Å²) in [4.78, 5) is 10.4. The first-order valence-corrected chi connectivity index (χ1v) is 8.28. The minimum Gasteiger partial charge on any atom is -0.368 e. The highest BCUT2D eigenvalue weighted by Crippen LogP contribution is 2.29. The van der Waals surface area contributed by atoms with E-state index in [4.69, 9.17) is 11.6 Å². The lowest BCUT2D eigenvalue weighted by atomic mass is 10.3. The molecule has 1 N–H and O–H groups in total. The average molecular weight is 304 g/mol. The summed E-state index contributed by atoms with van der Waals surface area (Å²) in [5, 5.41) is 4.47. The summed E-state index contributed by atoms with van der Waals surface area (Å²) in [6, 6.07) is 2.03. The van der Waals surface area contributed by atoms with Gasteiger partial charge in [-0.15, -0.1) is 11.3 Å². The molecule has 0 fully saturated rings. The van der Waals surface area contributed by atoms with Crippen molar-refractivity contribution in [2.24, 2.45) is 0 Å². The Labute approximate surface area is 117 Å². The van der Waals surface area contributed by atoms with Gasteiger partial charge in [-0.3, -0.25) is 4.21 Å². The van der Waals surface area contributed by atoms with Crippen molar-refractivity contribution >= 4 is 49.8 Å². The van der Waals surface area contributed by atoms with Crippen LogP contribution >= 0.6 is 22.9 Å². The van der Waals surface area contributed by atoms with Crippen LogP contribution in [0.3, 0.4) is 0 Å². The van der Waals surface area contributed by atoms with Crippen LogP contribution in [0.2, 0.25) is 5.28 Å². The largest absolute Gasteiger partial charge is 0.368 e. The van der Waals surface area contributed by atoms with Gasteiger partial charge in [-0.25, -0.2) is 9.97 Å². The number of halogens is 1. The van der Waals surface area contributed by atoms with Gasteiger partial charge < -0.3 is 5.32 Å². The van der Waals surface area contributed by atoms with Crippen LogP contribution in [0.1, 0.15) is 11.8 Å². The van der Waals surface area contributed by atoms with Gasteiger partial charge in [0.25, 0.3) is 0 Å². The normalized spacial score (nSPS) is 14.7. The maximum Gasteiger partial charge on any atom is 0.225 e. The Bertz CT molecular complexity index is 599. The summed E-state index contributed by atoms with van der Waals surface area (Å²) in [5.41, 5.74) is 0. The Morgan fingerprint density at radius 3 is 2.94 bits per heavy atom. The molecular weight excluding hydrogens is 290 g/mol. The zero-order valence-corrected chi connectivity index (χ0v) is 12.7. The van der Waals surface area contributed by atoms with Gasteiger partial charge in [0.05, 0.1) is 5.39 Å². The second kappa shape index (κ2) is 5.50. The molecule has 0 saturated carbocycles. The van der Waals surface area contributed by atoms with Gasteiger partial charge in [-0.1, -0.05) is 0 Å². The van der Waals surface area contributed by atoms with Crippen molar-refractivity contribution < 1.29 is 4.21 Å². The Morgan fingerprint density at radius 2 is 2.28 bits per heavy atom. The summed E-state index contributed by atoms with van der Waals surface area (Å²) < 4.78 is 11.3. The third-order valence-corrected chi connectivity index (χ3v) is 5.03. The van der Waals surface area contributed by atoms with Crippen LogP contribution in [0.5, 0.6) is 0 Å². The number of anilines is 1. The molecule has 2 aromatic rings. The number of aryl methyl sites for hydroxylation is 1. The average Bonchev–Trinajstić information content (AvgIpc) is 2.65. The summed E-state index contributed by atoms with van der Waals surface area (Å²) >= 11 is 7.48. The van der Waals surface area contributed by atoms with Gasteiger partial charge in [-0.2, -0.15) is 0 Å². The van der Waals surface area contributed by atoms with Crippen molar-refractivity contribution in [2.75, 3.05) is 18.1 Å². The molecule has 4 nitrogen and oxygen atoms in total. The van der Waals surface area contributed by atoms with Crippen LogP contribution in [0.25, 0.3) is 10.2 Å². The first kappa shape index (κ1) is 13.7. The lowest BCUT2D eigenvalue weighted by molar-refractivity contribution is 0.679. The summed E-state index contributed by atoms with van der Waals surface area (Å²) in [5.74, 6) is 0.714. The van der Waals surface area contributed by atoms with Crippen molar-refractivity contribution in [1.29, 1.82) is 0 Å². The second-order valence-electron chi connectivity index (χ2n) is 4.11. The molecule has 2 heterocycles. The van der Waals surface area contributed by atoms with E-state index in [1.807, 2.05) is 19.9 Å².